The second-order valence-electron chi connectivity index (χ2n) is 7.40. The van der Waals surface area contributed by atoms with Gasteiger partial charge in [-0.1, -0.05) is 45.0 Å². The fourth-order valence-electron chi connectivity index (χ4n) is 2.78. The van der Waals surface area contributed by atoms with E-state index >= 15 is 0 Å². The number of benzene rings is 2. The summed E-state index contributed by atoms with van der Waals surface area (Å²) in [5, 5.41) is 6.05. The van der Waals surface area contributed by atoms with E-state index in [9.17, 15) is 4.79 Å². The molecule has 0 spiro atoms. The van der Waals surface area contributed by atoms with Crippen molar-refractivity contribution in [3.8, 4) is 5.75 Å². The quantitative estimate of drug-likeness (QED) is 0.670. The number of rotatable bonds is 5. The number of nitrogens with one attached hydrogen (secondary N) is 2. The summed E-state index contributed by atoms with van der Waals surface area (Å²) < 4.78 is 5.20. The Morgan fingerprint density at radius 1 is 1.00 bits per heavy atom. The van der Waals surface area contributed by atoms with Crippen LogP contribution >= 0.6 is 0 Å². The molecule has 6 nitrogen and oxygen atoms in total. The standard InChI is InChI=1S/C22H24N4O2/c1-22(2,3)18-10-5-6-11-19(18)26-20(27)15-13-23-21(24-14-15)25-16-8-7-9-17(12-16)28-4/h5-14H,1-4H3,(H,26,27)(H,23,24,25). The number of aromatic nitrogens is 2. The third-order valence-corrected chi connectivity index (χ3v) is 4.22. The minimum absolute atomic E-state index is 0.0785. The number of amides is 1. The van der Waals surface area contributed by atoms with Gasteiger partial charge in [0.15, 0.2) is 0 Å². The zero-order valence-electron chi connectivity index (χ0n) is 16.5. The number of ether oxygens (including phenoxy) is 1. The minimum atomic E-state index is -0.246. The summed E-state index contributed by atoms with van der Waals surface area (Å²) in [6.45, 7) is 6.33. The first-order valence-electron chi connectivity index (χ1n) is 9.01. The molecule has 3 rings (SSSR count). The molecule has 2 N–H and O–H groups in total. The molecular formula is C22H24N4O2. The van der Waals surface area contributed by atoms with Gasteiger partial charge >= 0.3 is 0 Å². The average molecular weight is 376 g/mol. The van der Waals surface area contributed by atoms with Crippen molar-refractivity contribution in [3.63, 3.8) is 0 Å². The first kappa shape index (κ1) is 19.4. The van der Waals surface area contributed by atoms with Gasteiger partial charge in [0.2, 0.25) is 5.95 Å². The minimum Gasteiger partial charge on any atom is -0.497 e. The van der Waals surface area contributed by atoms with Gasteiger partial charge in [0, 0.05) is 29.8 Å². The number of anilines is 3. The fraction of sp³-hybridized carbons (Fsp3) is 0.227. The van der Waals surface area contributed by atoms with E-state index in [0.29, 0.717) is 11.5 Å². The summed E-state index contributed by atoms with van der Waals surface area (Å²) >= 11 is 0. The lowest BCUT2D eigenvalue weighted by Gasteiger charge is -2.22. The number of nitrogens with zero attached hydrogens (tertiary/aromatic N) is 2. The zero-order valence-corrected chi connectivity index (χ0v) is 16.5. The normalized spacial score (nSPS) is 11.0. The third kappa shape index (κ3) is 4.65. The summed E-state index contributed by atoms with van der Waals surface area (Å²) in [6.07, 6.45) is 3.01. The topological polar surface area (TPSA) is 76.1 Å². The monoisotopic (exact) mass is 376 g/mol. The smallest absolute Gasteiger partial charge is 0.258 e. The van der Waals surface area contributed by atoms with Crippen molar-refractivity contribution in [1.29, 1.82) is 0 Å². The van der Waals surface area contributed by atoms with Gasteiger partial charge in [-0.3, -0.25) is 4.79 Å². The number of carbonyl (C=O) groups is 1. The van der Waals surface area contributed by atoms with Crippen LogP contribution in [0.1, 0.15) is 36.7 Å². The Morgan fingerprint density at radius 3 is 2.39 bits per heavy atom. The predicted molar refractivity (Wildman–Crippen MR) is 111 cm³/mol. The van der Waals surface area contributed by atoms with Crippen LogP contribution in [0.15, 0.2) is 60.9 Å². The van der Waals surface area contributed by atoms with Gasteiger partial charge < -0.3 is 15.4 Å². The van der Waals surface area contributed by atoms with Crippen molar-refractivity contribution in [2.24, 2.45) is 0 Å². The molecule has 3 aromatic rings. The number of hydrogen-bond acceptors (Lipinski definition) is 5. The summed E-state index contributed by atoms with van der Waals surface area (Å²) in [5.41, 5.74) is 2.97. The van der Waals surface area contributed by atoms with Crippen LogP contribution in [0, 0.1) is 0 Å². The maximum Gasteiger partial charge on any atom is 0.258 e. The SMILES string of the molecule is COc1cccc(Nc2ncc(C(=O)Nc3ccccc3C(C)(C)C)cn2)c1. The van der Waals surface area contributed by atoms with E-state index in [2.05, 4.69) is 41.4 Å². The number of carbonyl (C=O) groups excluding carboxylic acids is 1. The van der Waals surface area contributed by atoms with Crippen molar-refractivity contribution in [3.05, 3.63) is 72.1 Å². The third-order valence-electron chi connectivity index (χ3n) is 4.22. The molecule has 1 aromatic heterocycles. The van der Waals surface area contributed by atoms with E-state index in [1.807, 2.05) is 48.5 Å². The highest BCUT2D eigenvalue weighted by Crippen LogP contribution is 2.29. The van der Waals surface area contributed by atoms with Crippen molar-refractivity contribution < 1.29 is 9.53 Å². The van der Waals surface area contributed by atoms with Gasteiger partial charge in [0.05, 0.1) is 12.7 Å². The molecule has 0 fully saturated rings. The summed E-state index contributed by atoms with van der Waals surface area (Å²) in [5.74, 6) is 0.892. The van der Waals surface area contributed by atoms with Crippen LogP contribution in [-0.4, -0.2) is 23.0 Å². The number of hydrogen-bond donors (Lipinski definition) is 2. The lowest BCUT2D eigenvalue weighted by Crippen LogP contribution is -2.19. The van der Waals surface area contributed by atoms with Crippen LogP contribution < -0.4 is 15.4 Å². The molecule has 2 aromatic carbocycles. The van der Waals surface area contributed by atoms with Gasteiger partial charge in [0.1, 0.15) is 5.75 Å². The molecule has 0 saturated carbocycles. The van der Waals surface area contributed by atoms with Crippen molar-refractivity contribution in [2.45, 2.75) is 26.2 Å². The van der Waals surface area contributed by atoms with Crippen molar-refractivity contribution in [1.82, 2.24) is 9.97 Å². The van der Waals surface area contributed by atoms with Crippen LogP contribution in [0.4, 0.5) is 17.3 Å². The molecule has 28 heavy (non-hydrogen) atoms. The predicted octanol–water partition coefficient (Wildman–Crippen LogP) is 4.78. The molecule has 0 saturated heterocycles. The summed E-state index contributed by atoms with van der Waals surface area (Å²) in [7, 11) is 1.61. The lowest BCUT2D eigenvalue weighted by molar-refractivity contribution is 0.102. The molecule has 144 valence electrons. The van der Waals surface area contributed by atoms with E-state index in [4.69, 9.17) is 4.74 Å². The van der Waals surface area contributed by atoms with Crippen LogP contribution in [0.2, 0.25) is 0 Å². The first-order valence-corrected chi connectivity index (χ1v) is 9.01. The van der Waals surface area contributed by atoms with E-state index in [0.717, 1.165) is 22.7 Å². The molecule has 0 aliphatic rings. The largest absolute Gasteiger partial charge is 0.497 e. The van der Waals surface area contributed by atoms with E-state index in [1.54, 1.807) is 7.11 Å². The molecule has 0 radical (unpaired) electrons. The van der Waals surface area contributed by atoms with Gasteiger partial charge in [-0.25, -0.2) is 9.97 Å². The van der Waals surface area contributed by atoms with Crippen LogP contribution in [0.25, 0.3) is 0 Å². The highest BCUT2D eigenvalue weighted by atomic mass is 16.5. The van der Waals surface area contributed by atoms with Gasteiger partial charge in [-0.05, 0) is 29.2 Å². The van der Waals surface area contributed by atoms with E-state index < -0.39 is 0 Å². The average Bonchev–Trinajstić information content (AvgIpc) is 2.68. The molecule has 0 bridgehead atoms. The Hall–Kier alpha value is -3.41. The van der Waals surface area contributed by atoms with Crippen LogP contribution in [-0.2, 0) is 5.41 Å². The Kier molecular flexibility index (Phi) is 5.59. The molecule has 0 unspecified atom stereocenters. The Morgan fingerprint density at radius 2 is 1.71 bits per heavy atom. The molecule has 6 heteroatoms. The second kappa shape index (κ2) is 8.08. The molecular weight excluding hydrogens is 352 g/mol. The maximum absolute atomic E-state index is 12.6. The lowest BCUT2D eigenvalue weighted by atomic mass is 9.86. The Bertz CT molecular complexity index is 963. The van der Waals surface area contributed by atoms with Gasteiger partial charge in [-0.2, -0.15) is 0 Å². The van der Waals surface area contributed by atoms with Gasteiger partial charge in [-0.15, -0.1) is 0 Å². The van der Waals surface area contributed by atoms with E-state index in [-0.39, 0.29) is 11.3 Å². The Balaban J connectivity index is 1.72. The molecule has 0 aliphatic carbocycles. The zero-order chi connectivity index (χ0) is 20.1. The van der Waals surface area contributed by atoms with Crippen molar-refractivity contribution >= 4 is 23.2 Å². The highest BCUT2D eigenvalue weighted by Gasteiger charge is 2.19. The van der Waals surface area contributed by atoms with Gasteiger partial charge in [0.25, 0.3) is 5.91 Å². The van der Waals surface area contributed by atoms with Crippen LogP contribution in [0.5, 0.6) is 5.75 Å². The van der Waals surface area contributed by atoms with E-state index in [1.165, 1.54) is 12.4 Å². The first-order chi connectivity index (χ1) is 13.4. The summed E-state index contributed by atoms with van der Waals surface area (Å²) in [6, 6.07) is 15.3. The molecule has 0 atom stereocenters. The van der Waals surface area contributed by atoms with Crippen LogP contribution in [0.3, 0.4) is 0 Å². The highest BCUT2D eigenvalue weighted by molar-refractivity contribution is 6.04. The summed E-state index contributed by atoms with van der Waals surface area (Å²) in [4.78, 5) is 21.1. The van der Waals surface area contributed by atoms with Crippen molar-refractivity contribution in [2.75, 3.05) is 17.7 Å². The molecule has 0 aliphatic heterocycles. The molecule has 1 heterocycles. The maximum atomic E-state index is 12.6. The Labute approximate surface area is 165 Å². The fourth-order valence-corrected chi connectivity index (χ4v) is 2.78. The molecule has 1 amide bonds. The number of para-hydroxylation sites is 1. The number of methoxy groups -OCH3 is 1. The second-order valence-corrected chi connectivity index (χ2v) is 7.40.